The summed E-state index contributed by atoms with van der Waals surface area (Å²) < 4.78 is 39.0. The van der Waals surface area contributed by atoms with Crippen LogP contribution >= 0.6 is 23.2 Å². The number of halogens is 2. The van der Waals surface area contributed by atoms with Crippen molar-refractivity contribution in [1.82, 2.24) is 0 Å². The molecule has 0 unspecified atom stereocenters. The summed E-state index contributed by atoms with van der Waals surface area (Å²) in [7, 11) is -4.76. The number of nitrogens with zero attached hydrogens (tertiary/aromatic N) is 2. The number of carbonyl (C=O) groups is 1. The maximum absolute atomic E-state index is 13.4. The Morgan fingerprint density at radius 1 is 1.08 bits per heavy atom. The molecule has 13 heteroatoms. The molecule has 2 N–H and O–H groups in total. The van der Waals surface area contributed by atoms with Gasteiger partial charge in [-0.05, 0) is 49.1 Å². The van der Waals surface area contributed by atoms with Gasteiger partial charge in [0.05, 0.1) is 28.0 Å². The van der Waals surface area contributed by atoms with Gasteiger partial charge in [0.15, 0.2) is 0 Å². The van der Waals surface area contributed by atoms with Gasteiger partial charge < -0.3 is 15.2 Å². The van der Waals surface area contributed by atoms with Crippen LogP contribution < -0.4 is 44.7 Å². The molecule has 0 saturated carbocycles. The summed E-state index contributed by atoms with van der Waals surface area (Å²) in [6.45, 7) is 3.82. The van der Waals surface area contributed by atoms with Crippen LogP contribution in [0.1, 0.15) is 22.8 Å². The van der Waals surface area contributed by atoms with Crippen molar-refractivity contribution >= 4 is 67.1 Å². The third-order valence-corrected chi connectivity index (χ3v) is 7.35. The molecule has 4 aromatic rings. The fourth-order valence-electron chi connectivity index (χ4n) is 3.69. The number of nitrogens with one attached hydrogen (secondary N) is 1. The van der Waals surface area contributed by atoms with E-state index in [1.807, 2.05) is 6.92 Å². The van der Waals surface area contributed by atoms with E-state index in [-0.39, 0.29) is 62.2 Å². The minimum atomic E-state index is -4.76. The Hall–Kier alpha value is -2.70. The smallest absolute Gasteiger partial charge is 0.870 e. The number of carbonyl (C=O) groups excluding carboxylic acids is 1. The Labute approximate surface area is 256 Å². The number of anilines is 1. The number of rotatable bonds is 7. The topological polar surface area (TPSA) is 140 Å². The van der Waals surface area contributed by atoms with Crippen LogP contribution in [-0.2, 0) is 10.1 Å². The quantitative estimate of drug-likeness (QED) is 0.189. The Bertz CT molecular complexity index is 1710. The molecule has 0 aliphatic rings. The van der Waals surface area contributed by atoms with Crippen LogP contribution in [0.5, 0.6) is 11.5 Å². The zero-order valence-corrected chi connectivity index (χ0v) is 25.4. The second-order valence-electron chi connectivity index (χ2n) is 8.07. The number of hydrogen-bond acceptors (Lipinski definition) is 7. The average Bonchev–Trinajstić information content (AvgIpc) is 2.86. The summed E-state index contributed by atoms with van der Waals surface area (Å²) in [4.78, 5) is 12.5. The van der Waals surface area contributed by atoms with Crippen LogP contribution in [0.2, 0.25) is 10.0 Å². The molecule has 0 atom stereocenters. The van der Waals surface area contributed by atoms with Crippen molar-refractivity contribution in [3.05, 3.63) is 81.8 Å². The first kappa shape index (κ1) is 30.8. The molecule has 9 nitrogen and oxygen atoms in total. The van der Waals surface area contributed by atoms with Gasteiger partial charge in [-0.25, -0.2) is 0 Å². The molecule has 0 radical (unpaired) electrons. The van der Waals surface area contributed by atoms with Crippen molar-refractivity contribution in [2.24, 2.45) is 10.2 Å². The second kappa shape index (κ2) is 12.6. The van der Waals surface area contributed by atoms with Crippen LogP contribution in [0.3, 0.4) is 0 Å². The fraction of sp³-hybridized carbons (Fsp3) is 0.115. The van der Waals surface area contributed by atoms with Crippen molar-refractivity contribution in [3.8, 4) is 11.5 Å². The minimum Gasteiger partial charge on any atom is -0.870 e. The summed E-state index contributed by atoms with van der Waals surface area (Å²) >= 11 is 12.4. The zero-order chi connectivity index (χ0) is 27.6. The van der Waals surface area contributed by atoms with Crippen molar-refractivity contribution in [1.29, 1.82) is 0 Å². The van der Waals surface area contributed by atoms with Crippen molar-refractivity contribution in [2.45, 2.75) is 18.7 Å². The van der Waals surface area contributed by atoms with E-state index in [1.165, 1.54) is 24.3 Å². The van der Waals surface area contributed by atoms with Gasteiger partial charge in [0, 0.05) is 17.0 Å². The van der Waals surface area contributed by atoms with Gasteiger partial charge in [-0.1, -0.05) is 59.3 Å². The third-order valence-electron chi connectivity index (χ3n) is 5.50. The molecule has 0 aliphatic heterocycles. The molecule has 0 spiro atoms. The first-order chi connectivity index (χ1) is 18.0. The van der Waals surface area contributed by atoms with Gasteiger partial charge in [-0.2, -0.15) is 13.5 Å². The number of aryl methyl sites for hydroxylation is 1. The first-order valence-corrected chi connectivity index (χ1v) is 13.4. The maximum Gasteiger partial charge on any atom is 1.00 e. The summed E-state index contributed by atoms with van der Waals surface area (Å²) in [5, 5.41) is 24.8. The van der Waals surface area contributed by atoms with Gasteiger partial charge in [0.1, 0.15) is 16.3 Å². The number of amides is 1. The summed E-state index contributed by atoms with van der Waals surface area (Å²) in [5.74, 6) is -0.965. The molecule has 0 aromatic heterocycles. The normalized spacial score (nSPS) is 11.4. The van der Waals surface area contributed by atoms with E-state index in [0.717, 1.165) is 0 Å². The Balaban J connectivity index is 0.00000420. The van der Waals surface area contributed by atoms with Gasteiger partial charge in [-0.15, -0.1) is 5.11 Å². The molecule has 0 saturated heterocycles. The summed E-state index contributed by atoms with van der Waals surface area (Å²) in [5.41, 5.74) is -0.0612. The molecule has 196 valence electrons. The molecule has 4 aromatic carbocycles. The first-order valence-electron chi connectivity index (χ1n) is 11.2. The fourth-order valence-corrected chi connectivity index (χ4v) is 5.12. The molecule has 0 fully saturated rings. The summed E-state index contributed by atoms with van der Waals surface area (Å²) in [6.07, 6.45) is 0. The van der Waals surface area contributed by atoms with E-state index in [1.54, 1.807) is 43.3 Å². The number of fused-ring (bicyclic) bond motifs is 1. The van der Waals surface area contributed by atoms with Crippen molar-refractivity contribution in [2.75, 3.05) is 11.9 Å². The third kappa shape index (κ3) is 6.72. The van der Waals surface area contributed by atoms with Gasteiger partial charge in [0.2, 0.25) is 0 Å². The average molecular weight is 596 g/mol. The molecule has 4 rings (SSSR count). The van der Waals surface area contributed by atoms with Crippen LogP contribution in [0, 0.1) is 6.92 Å². The number of azo groups is 1. The van der Waals surface area contributed by atoms with Gasteiger partial charge in [0.25, 0.3) is 16.0 Å². The predicted molar refractivity (Wildman–Crippen MR) is 144 cm³/mol. The molecule has 39 heavy (non-hydrogen) atoms. The zero-order valence-electron chi connectivity index (χ0n) is 21.0. The molecule has 1 amide bonds. The second-order valence-corrected chi connectivity index (χ2v) is 10.2. The van der Waals surface area contributed by atoms with E-state index < -0.39 is 26.7 Å². The van der Waals surface area contributed by atoms with Crippen molar-refractivity contribution < 1.29 is 57.2 Å². The van der Waals surface area contributed by atoms with Crippen LogP contribution in [0.15, 0.2) is 75.8 Å². The predicted octanol–water partition coefficient (Wildman–Crippen LogP) is 3.85. The SMILES string of the molecule is CCOc1ccc(NC(=O)c2cc3ccccc3c(N=Nc3ccc(C)c(Cl)c3S(=O)(=O)O)c2[O-])c(Cl)c1.[Na+]. The minimum absolute atomic E-state index is 0. The number of ether oxygens (including phenoxy) is 1. The largest absolute Gasteiger partial charge is 1.00 e. The molecule has 0 aliphatic carbocycles. The van der Waals surface area contributed by atoms with Crippen LogP contribution in [-0.4, -0.2) is 25.5 Å². The molecule has 0 bridgehead atoms. The number of hydrogen-bond donors (Lipinski definition) is 2. The molecular formula is C26H20Cl2N3NaO6S. The summed E-state index contributed by atoms with van der Waals surface area (Å²) in [6, 6.07) is 15.6. The van der Waals surface area contributed by atoms with E-state index >= 15 is 0 Å². The number of benzene rings is 4. The Morgan fingerprint density at radius 3 is 2.46 bits per heavy atom. The van der Waals surface area contributed by atoms with Crippen LogP contribution in [0.4, 0.5) is 17.1 Å². The standard InChI is InChI=1S/C26H21Cl2N3O6S.Na/c1-3-37-16-9-11-20(19(27)13-16)29-26(33)18-12-15-6-4-5-7-17(15)23(24(18)32)31-30-21-10-8-14(2)22(28)25(21)38(34,35)36;/h4-13,32H,3H2,1-2H3,(H,29,33)(H,34,35,36);/q;+1/p-1. The van der Waals surface area contributed by atoms with E-state index in [9.17, 15) is 22.9 Å². The maximum atomic E-state index is 13.4. The van der Waals surface area contributed by atoms with E-state index in [0.29, 0.717) is 28.7 Å². The monoisotopic (exact) mass is 595 g/mol. The van der Waals surface area contributed by atoms with E-state index in [4.69, 9.17) is 27.9 Å². The Kier molecular flexibility index (Phi) is 10.0. The Morgan fingerprint density at radius 2 is 1.79 bits per heavy atom. The van der Waals surface area contributed by atoms with Gasteiger partial charge in [-0.3, -0.25) is 9.35 Å². The van der Waals surface area contributed by atoms with Crippen LogP contribution in [0.25, 0.3) is 10.8 Å². The van der Waals surface area contributed by atoms with Gasteiger partial charge >= 0.3 is 29.6 Å². The van der Waals surface area contributed by atoms with Crippen molar-refractivity contribution in [3.63, 3.8) is 0 Å². The molecule has 0 heterocycles. The molecular weight excluding hydrogens is 576 g/mol. The van der Waals surface area contributed by atoms with E-state index in [2.05, 4.69) is 15.5 Å².